The van der Waals surface area contributed by atoms with Crippen LogP contribution < -0.4 is 0 Å². The fourth-order valence-corrected chi connectivity index (χ4v) is 14.4. The fraction of sp³-hybridized carbons (Fsp3) is 0.952. The van der Waals surface area contributed by atoms with Gasteiger partial charge in [0.2, 0.25) is 0 Å². The van der Waals surface area contributed by atoms with E-state index in [1.807, 2.05) is 0 Å². The Balaban J connectivity index is 5.18. The van der Waals surface area contributed by atoms with Gasteiger partial charge < -0.3 is 33.8 Å². The lowest BCUT2D eigenvalue weighted by molar-refractivity contribution is -0.161. The molecule has 0 saturated carbocycles. The van der Waals surface area contributed by atoms with E-state index in [9.17, 15) is 43.2 Å². The highest BCUT2D eigenvalue weighted by Gasteiger charge is 2.30. The van der Waals surface area contributed by atoms with Crippen molar-refractivity contribution in [3.05, 3.63) is 0 Å². The average Bonchev–Trinajstić information content (AvgIpc) is 0.911. The van der Waals surface area contributed by atoms with Crippen LogP contribution >= 0.6 is 15.6 Å². The lowest BCUT2D eigenvalue weighted by atomic mass is 9.99. The minimum absolute atomic E-state index is 0.107. The van der Waals surface area contributed by atoms with Crippen molar-refractivity contribution in [2.75, 3.05) is 39.6 Å². The van der Waals surface area contributed by atoms with Crippen molar-refractivity contribution in [3.8, 4) is 0 Å². The van der Waals surface area contributed by atoms with E-state index in [-0.39, 0.29) is 25.7 Å². The largest absolute Gasteiger partial charge is 0.472 e. The first-order valence-electron chi connectivity index (χ1n) is 42.9. The van der Waals surface area contributed by atoms with Crippen LogP contribution in [0, 0.1) is 17.8 Å². The van der Waals surface area contributed by atoms with Gasteiger partial charge in [-0.25, -0.2) is 9.13 Å². The summed E-state index contributed by atoms with van der Waals surface area (Å²) in [5.74, 6) is 0.393. The summed E-state index contributed by atoms with van der Waals surface area (Å²) in [5, 5.41) is 10.6. The van der Waals surface area contributed by atoms with Crippen molar-refractivity contribution in [1.82, 2.24) is 0 Å². The standard InChI is InChI=1S/C83H162O17P2/c1-8-11-12-13-40-50-57-64-80(85)93-70-78(99-82(87)66-60-53-46-39-33-27-21-19-24-30-36-43-49-56-63-76(7)10-3)72-97-101(89,90)95-68-77(84)69-96-102(91,92)98-73-79(71-94-81(86)65-58-51-44-37-31-25-20-18-23-29-35-42-48-55-62-75(6)9-2)100-83(88)67-59-52-45-38-32-26-17-15-14-16-22-28-34-41-47-54-61-74(4)5/h74-79,84H,8-73H2,1-7H3,(H,89,90)(H,91,92)/t75?,76?,77-,78+,79+/m0/s1. The van der Waals surface area contributed by atoms with Crippen molar-refractivity contribution in [1.29, 1.82) is 0 Å². The van der Waals surface area contributed by atoms with Gasteiger partial charge >= 0.3 is 39.5 Å². The van der Waals surface area contributed by atoms with E-state index in [4.69, 9.17) is 37.0 Å². The van der Waals surface area contributed by atoms with Crippen LogP contribution in [-0.4, -0.2) is 96.7 Å². The smallest absolute Gasteiger partial charge is 0.462 e. The molecule has 3 N–H and O–H groups in total. The molecule has 606 valence electrons. The lowest BCUT2D eigenvalue weighted by Gasteiger charge is -2.21. The van der Waals surface area contributed by atoms with Gasteiger partial charge in [-0.3, -0.25) is 37.3 Å². The highest BCUT2D eigenvalue weighted by Crippen LogP contribution is 2.45. The summed E-state index contributed by atoms with van der Waals surface area (Å²) in [5.41, 5.74) is 0. The maximum atomic E-state index is 13.1. The summed E-state index contributed by atoms with van der Waals surface area (Å²) >= 11 is 0. The van der Waals surface area contributed by atoms with Crippen molar-refractivity contribution in [3.63, 3.8) is 0 Å². The van der Waals surface area contributed by atoms with Crippen LogP contribution in [0.1, 0.15) is 434 Å². The Hall–Kier alpha value is -1.94. The summed E-state index contributed by atoms with van der Waals surface area (Å²) in [6.45, 7) is 12.1. The molecule has 0 bridgehead atoms. The van der Waals surface area contributed by atoms with Crippen molar-refractivity contribution < 1.29 is 80.2 Å². The second kappa shape index (κ2) is 73.2. The Morgan fingerprint density at radius 2 is 0.500 bits per heavy atom. The second-order valence-electron chi connectivity index (χ2n) is 30.8. The molecule has 0 rings (SSSR count). The van der Waals surface area contributed by atoms with E-state index in [1.165, 1.54) is 231 Å². The van der Waals surface area contributed by atoms with Gasteiger partial charge in [0.05, 0.1) is 26.4 Å². The molecule has 0 aliphatic heterocycles. The SMILES string of the molecule is CCCCCCCCCC(=O)OC[C@H](COP(=O)(O)OC[C@H](O)COP(=O)(O)OC[C@@H](COC(=O)CCCCCCCCCCCCCCCCC(C)CC)OC(=O)CCCCCCCCCCCCCCCCCCC(C)C)OC(=O)CCCCCCCCCCCCCCCCC(C)CC. The van der Waals surface area contributed by atoms with Crippen LogP contribution in [0.4, 0.5) is 0 Å². The predicted octanol–water partition coefficient (Wildman–Crippen LogP) is 24.9. The molecular weight excluding hydrogens is 1330 g/mol. The third-order valence-electron chi connectivity index (χ3n) is 20.1. The minimum Gasteiger partial charge on any atom is -0.462 e. The molecule has 7 atom stereocenters. The summed E-state index contributed by atoms with van der Waals surface area (Å²) in [6.07, 6.45) is 62.5. The van der Waals surface area contributed by atoms with Gasteiger partial charge in [-0.1, -0.05) is 382 Å². The minimum atomic E-state index is -4.96. The summed E-state index contributed by atoms with van der Waals surface area (Å²) in [7, 11) is -9.92. The zero-order valence-corrected chi connectivity index (χ0v) is 68.9. The maximum Gasteiger partial charge on any atom is 0.472 e. The van der Waals surface area contributed by atoms with Gasteiger partial charge in [0.1, 0.15) is 19.3 Å². The van der Waals surface area contributed by atoms with Crippen LogP contribution in [0.25, 0.3) is 0 Å². The van der Waals surface area contributed by atoms with Crippen molar-refractivity contribution in [2.24, 2.45) is 17.8 Å². The fourth-order valence-electron chi connectivity index (χ4n) is 12.8. The number of hydrogen-bond donors (Lipinski definition) is 3. The summed E-state index contributed by atoms with van der Waals surface area (Å²) in [4.78, 5) is 73.0. The highest BCUT2D eigenvalue weighted by molar-refractivity contribution is 7.47. The zero-order chi connectivity index (χ0) is 75.1. The first kappa shape index (κ1) is 100. The number of ether oxygens (including phenoxy) is 4. The van der Waals surface area contributed by atoms with E-state index < -0.39 is 97.5 Å². The van der Waals surface area contributed by atoms with Crippen molar-refractivity contribution >= 4 is 39.5 Å². The van der Waals surface area contributed by atoms with Gasteiger partial charge in [-0.2, -0.15) is 0 Å². The van der Waals surface area contributed by atoms with E-state index in [0.29, 0.717) is 25.7 Å². The molecule has 4 unspecified atom stereocenters. The molecule has 102 heavy (non-hydrogen) atoms. The van der Waals surface area contributed by atoms with Gasteiger partial charge in [0.15, 0.2) is 12.2 Å². The van der Waals surface area contributed by atoms with Gasteiger partial charge in [-0.05, 0) is 43.4 Å². The van der Waals surface area contributed by atoms with E-state index in [0.717, 1.165) is 120 Å². The molecular formula is C83H162O17P2. The van der Waals surface area contributed by atoms with E-state index >= 15 is 0 Å². The maximum absolute atomic E-state index is 13.1. The quantitative estimate of drug-likeness (QED) is 0.0222. The molecule has 0 aliphatic carbocycles. The molecule has 17 nitrogen and oxygen atoms in total. The Morgan fingerprint density at radius 1 is 0.284 bits per heavy atom. The summed E-state index contributed by atoms with van der Waals surface area (Å²) in [6, 6.07) is 0. The number of rotatable bonds is 81. The predicted molar refractivity (Wildman–Crippen MR) is 418 cm³/mol. The number of aliphatic hydroxyl groups is 1. The van der Waals surface area contributed by atoms with E-state index in [2.05, 4.69) is 48.5 Å². The summed E-state index contributed by atoms with van der Waals surface area (Å²) < 4.78 is 68.7. The monoisotopic (exact) mass is 1490 g/mol. The van der Waals surface area contributed by atoms with Crippen LogP contribution in [-0.2, 0) is 65.4 Å². The average molecular weight is 1490 g/mol. The van der Waals surface area contributed by atoms with Crippen LogP contribution in [0.2, 0.25) is 0 Å². The Morgan fingerprint density at radius 3 is 0.745 bits per heavy atom. The number of carbonyl (C=O) groups is 4. The molecule has 0 aromatic rings. The Labute approximate surface area is 626 Å². The van der Waals surface area contributed by atoms with E-state index in [1.54, 1.807) is 0 Å². The number of unbranched alkanes of at least 4 members (excludes halogenated alkanes) is 47. The van der Waals surface area contributed by atoms with Gasteiger partial charge in [0.25, 0.3) is 0 Å². The molecule has 0 aromatic heterocycles. The molecule has 0 spiro atoms. The second-order valence-corrected chi connectivity index (χ2v) is 33.7. The topological polar surface area (TPSA) is 237 Å². The number of esters is 4. The molecule has 0 amide bonds. The van der Waals surface area contributed by atoms with Crippen LogP contribution in [0.15, 0.2) is 0 Å². The molecule has 0 fully saturated rings. The van der Waals surface area contributed by atoms with Crippen molar-refractivity contribution in [2.45, 2.75) is 452 Å². The third kappa shape index (κ3) is 73.6. The highest BCUT2D eigenvalue weighted by atomic mass is 31.2. The van der Waals surface area contributed by atoms with Crippen LogP contribution in [0.5, 0.6) is 0 Å². The van der Waals surface area contributed by atoms with Gasteiger partial charge in [-0.15, -0.1) is 0 Å². The Bertz CT molecular complexity index is 1980. The number of phosphoric ester groups is 2. The zero-order valence-electron chi connectivity index (χ0n) is 67.1. The molecule has 19 heteroatoms. The Kier molecular flexibility index (Phi) is 71.8. The first-order chi connectivity index (χ1) is 49.3. The first-order valence-corrected chi connectivity index (χ1v) is 45.9. The normalized spacial score (nSPS) is 14.5. The lowest BCUT2D eigenvalue weighted by Crippen LogP contribution is -2.30. The molecule has 0 heterocycles. The molecule has 0 saturated heterocycles. The molecule has 0 aliphatic rings. The van der Waals surface area contributed by atoms with Crippen LogP contribution in [0.3, 0.4) is 0 Å². The number of aliphatic hydroxyl groups excluding tert-OH is 1. The molecule has 0 aromatic carbocycles. The number of phosphoric acid groups is 2. The third-order valence-corrected chi connectivity index (χ3v) is 22.0. The van der Waals surface area contributed by atoms with Gasteiger partial charge in [0, 0.05) is 25.7 Å². The molecule has 0 radical (unpaired) electrons. The number of carbonyl (C=O) groups excluding carboxylic acids is 4. The number of hydrogen-bond acceptors (Lipinski definition) is 15.